The van der Waals surface area contributed by atoms with E-state index >= 15 is 0 Å². The molecule has 1 saturated heterocycles. The van der Waals surface area contributed by atoms with Crippen molar-refractivity contribution in [2.75, 3.05) is 20.8 Å². The molecule has 5 heteroatoms. The Balaban J connectivity index is 1.82. The molecule has 2 heterocycles. The van der Waals surface area contributed by atoms with Gasteiger partial charge in [0.05, 0.1) is 19.9 Å². The molecule has 3 rings (SSSR count). The summed E-state index contributed by atoms with van der Waals surface area (Å²) in [4.78, 5) is 2.51. The second-order valence-corrected chi connectivity index (χ2v) is 5.69. The fourth-order valence-corrected chi connectivity index (χ4v) is 3.22. The zero-order valence-corrected chi connectivity index (χ0v) is 13.5. The molecule has 0 amide bonds. The van der Waals surface area contributed by atoms with Gasteiger partial charge in [-0.15, -0.1) is 0 Å². The molecule has 0 spiro atoms. The molecule has 1 atom stereocenters. The van der Waals surface area contributed by atoms with Crippen LogP contribution in [0.5, 0.6) is 11.5 Å². The van der Waals surface area contributed by atoms with E-state index in [1.54, 1.807) is 14.2 Å². The molecule has 0 radical (unpaired) electrons. The lowest BCUT2D eigenvalue weighted by Gasteiger charge is -2.25. The van der Waals surface area contributed by atoms with Crippen molar-refractivity contribution >= 4 is 0 Å². The Bertz CT molecular complexity index is 639. The third-order valence-electron chi connectivity index (χ3n) is 4.44. The van der Waals surface area contributed by atoms with Crippen molar-refractivity contribution in [2.24, 2.45) is 7.05 Å². The summed E-state index contributed by atoms with van der Waals surface area (Å²) in [7, 11) is 5.35. The van der Waals surface area contributed by atoms with Crippen LogP contribution in [-0.4, -0.2) is 35.4 Å². The van der Waals surface area contributed by atoms with E-state index in [2.05, 4.69) is 28.2 Å². The number of aryl methyl sites for hydroxylation is 1. The minimum absolute atomic E-state index is 0.426. The quantitative estimate of drug-likeness (QED) is 0.851. The van der Waals surface area contributed by atoms with Crippen LogP contribution < -0.4 is 9.47 Å². The van der Waals surface area contributed by atoms with E-state index in [4.69, 9.17) is 9.47 Å². The van der Waals surface area contributed by atoms with Gasteiger partial charge in [0.2, 0.25) is 0 Å². The largest absolute Gasteiger partial charge is 0.493 e. The molecule has 5 nitrogen and oxygen atoms in total. The zero-order valence-electron chi connectivity index (χ0n) is 13.5. The average Bonchev–Trinajstić information content (AvgIpc) is 3.16. The van der Waals surface area contributed by atoms with E-state index in [1.165, 1.54) is 24.1 Å². The fraction of sp³-hybridized carbons (Fsp3) is 0.471. The van der Waals surface area contributed by atoms with Crippen LogP contribution in [0.15, 0.2) is 30.5 Å². The minimum atomic E-state index is 0.426. The van der Waals surface area contributed by atoms with Crippen LogP contribution >= 0.6 is 0 Å². The lowest BCUT2D eigenvalue weighted by atomic mass is 10.0. The number of rotatable bonds is 5. The van der Waals surface area contributed by atoms with Crippen molar-refractivity contribution in [2.45, 2.75) is 25.4 Å². The van der Waals surface area contributed by atoms with E-state index in [0.29, 0.717) is 6.04 Å². The second-order valence-electron chi connectivity index (χ2n) is 5.69. The predicted molar refractivity (Wildman–Crippen MR) is 85.1 cm³/mol. The highest BCUT2D eigenvalue weighted by molar-refractivity contribution is 5.44. The normalized spacial score (nSPS) is 18.6. The summed E-state index contributed by atoms with van der Waals surface area (Å²) in [5.41, 5.74) is 2.53. The molecule has 0 bridgehead atoms. The SMILES string of the molecule is COc1ccc(C2CCCN2Cc2ccnn2C)cc1OC. The average molecular weight is 301 g/mol. The fourth-order valence-electron chi connectivity index (χ4n) is 3.22. The lowest BCUT2D eigenvalue weighted by Crippen LogP contribution is -2.24. The van der Waals surface area contributed by atoms with Gasteiger partial charge in [0.1, 0.15) is 0 Å². The molecular formula is C17H23N3O2. The Morgan fingerprint density at radius 1 is 1.18 bits per heavy atom. The van der Waals surface area contributed by atoms with E-state index in [-0.39, 0.29) is 0 Å². The van der Waals surface area contributed by atoms with Gasteiger partial charge in [-0.2, -0.15) is 5.10 Å². The van der Waals surface area contributed by atoms with Crippen LogP contribution in [0.1, 0.15) is 30.1 Å². The molecule has 1 aliphatic heterocycles. The summed E-state index contributed by atoms with van der Waals surface area (Å²) in [6, 6.07) is 8.76. The maximum absolute atomic E-state index is 5.44. The molecule has 0 saturated carbocycles. The lowest BCUT2D eigenvalue weighted by molar-refractivity contribution is 0.241. The Kier molecular flexibility index (Phi) is 4.34. The summed E-state index contributed by atoms with van der Waals surface area (Å²) in [6.07, 6.45) is 4.25. The maximum atomic E-state index is 5.44. The van der Waals surface area contributed by atoms with Crippen molar-refractivity contribution in [1.82, 2.24) is 14.7 Å². The van der Waals surface area contributed by atoms with Crippen LogP contribution in [0.25, 0.3) is 0 Å². The topological polar surface area (TPSA) is 39.5 Å². The molecule has 22 heavy (non-hydrogen) atoms. The molecule has 1 aromatic carbocycles. The van der Waals surface area contributed by atoms with Crippen LogP contribution in [-0.2, 0) is 13.6 Å². The first-order chi connectivity index (χ1) is 10.7. The number of hydrogen-bond donors (Lipinski definition) is 0. The number of ether oxygens (including phenoxy) is 2. The van der Waals surface area contributed by atoms with Gasteiger partial charge < -0.3 is 9.47 Å². The highest BCUT2D eigenvalue weighted by atomic mass is 16.5. The van der Waals surface area contributed by atoms with Crippen molar-refractivity contribution in [1.29, 1.82) is 0 Å². The number of benzene rings is 1. The predicted octanol–water partition coefficient (Wildman–Crippen LogP) is 2.77. The van der Waals surface area contributed by atoms with Gasteiger partial charge in [-0.3, -0.25) is 9.58 Å². The highest BCUT2D eigenvalue weighted by Crippen LogP contribution is 2.37. The maximum Gasteiger partial charge on any atom is 0.161 e. The van der Waals surface area contributed by atoms with Crippen molar-refractivity contribution < 1.29 is 9.47 Å². The number of likely N-dealkylation sites (tertiary alicyclic amines) is 1. The molecule has 0 aliphatic carbocycles. The van der Waals surface area contributed by atoms with Gasteiger partial charge in [0, 0.05) is 25.8 Å². The monoisotopic (exact) mass is 301 g/mol. The summed E-state index contributed by atoms with van der Waals surface area (Å²) < 4.78 is 12.7. The van der Waals surface area contributed by atoms with Gasteiger partial charge in [-0.05, 0) is 43.1 Å². The molecule has 1 aromatic heterocycles. The number of methoxy groups -OCH3 is 2. The van der Waals surface area contributed by atoms with Crippen LogP contribution in [0.4, 0.5) is 0 Å². The minimum Gasteiger partial charge on any atom is -0.493 e. The van der Waals surface area contributed by atoms with Crippen molar-refractivity contribution in [3.63, 3.8) is 0 Å². The first kappa shape index (κ1) is 14.9. The molecule has 1 fully saturated rings. The molecular weight excluding hydrogens is 278 g/mol. The second kappa shape index (κ2) is 6.40. The van der Waals surface area contributed by atoms with Gasteiger partial charge in [-0.1, -0.05) is 6.07 Å². The molecule has 2 aromatic rings. The number of aromatic nitrogens is 2. The van der Waals surface area contributed by atoms with Gasteiger partial charge >= 0.3 is 0 Å². The number of hydrogen-bond acceptors (Lipinski definition) is 4. The third kappa shape index (κ3) is 2.81. The van der Waals surface area contributed by atoms with E-state index in [0.717, 1.165) is 24.6 Å². The first-order valence-corrected chi connectivity index (χ1v) is 7.65. The summed E-state index contributed by atoms with van der Waals surface area (Å²) in [5, 5.41) is 4.26. The van der Waals surface area contributed by atoms with Crippen LogP contribution in [0, 0.1) is 0 Å². The summed E-state index contributed by atoms with van der Waals surface area (Å²) in [5.74, 6) is 1.58. The van der Waals surface area contributed by atoms with E-state index in [1.807, 2.05) is 24.0 Å². The third-order valence-corrected chi connectivity index (χ3v) is 4.44. The van der Waals surface area contributed by atoms with E-state index < -0.39 is 0 Å². The van der Waals surface area contributed by atoms with Crippen molar-refractivity contribution in [3.8, 4) is 11.5 Å². The van der Waals surface area contributed by atoms with Crippen molar-refractivity contribution in [3.05, 3.63) is 41.7 Å². The molecule has 0 N–H and O–H groups in total. The van der Waals surface area contributed by atoms with Crippen LogP contribution in [0.3, 0.4) is 0 Å². The molecule has 118 valence electrons. The standard InChI is InChI=1S/C17H23N3O2/c1-19-14(8-9-18-19)12-20-10-4-5-15(20)13-6-7-16(21-2)17(11-13)22-3/h6-9,11,15H,4-5,10,12H2,1-3H3. The highest BCUT2D eigenvalue weighted by Gasteiger charge is 2.27. The molecule has 1 unspecified atom stereocenters. The Morgan fingerprint density at radius 3 is 2.68 bits per heavy atom. The van der Waals surface area contributed by atoms with Gasteiger partial charge in [0.15, 0.2) is 11.5 Å². The molecule has 1 aliphatic rings. The smallest absolute Gasteiger partial charge is 0.161 e. The Morgan fingerprint density at radius 2 is 2.00 bits per heavy atom. The van der Waals surface area contributed by atoms with Crippen LogP contribution in [0.2, 0.25) is 0 Å². The Labute approximate surface area is 131 Å². The first-order valence-electron chi connectivity index (χ1n) is 7.65. The zero-order chi connectivity index (χ0) is 15.5. The van der Waals surface area contributed by atoms with E-state index in [9.17, 15) is 0 Å². The number of nitrogens with zero attached hydrogens (tertiary/aromatic N) is 3. The Hall–Kier alpha value is -2.01. The summed E-state index contributed by atoms with van der Waals surface area (Å²) >= 11 is 0. The van der Waals surface area contributed by atoms with Gasteiger partial charge in [-0.25, -0.2) is 0 Å². The summed E-state index contributed by atoms with van der Waals surface area (Å²) in [6.45, 7) is 2.04. The van der Waals surface area contributed by atoms with Gasteiger partial charge in [0.25, 0.3) is 0 Å².